The summed E-state index contributed by atoms with van der Waals surface area (Å²) >= 11 is 0. The molecule has 1 heterocycles. The number of nitrogens with one attached hydrogen (secondary N) is 1. The third-order valence-electron chi connectivity index (χ3n) is 4.84. The summed E-state index contributed by atoms with van der Waals surface area (Å²) in [5.74, 6) is 0.208. The quantitative estimate of drug-likeness (QED) is 0.608. The van der Waals surface area contributed by atoms with E-state index in [9.17, 15) is 9.90 Å². The van der Waals surface area contributed by atoms with Gasteiger partial charge in [-0.25, -0.2) is 0 Å². The van der Waals surface area contributed by atoms with E-state index in [0.717, 1.165) is 25.3 Å². The van der Waals surface area contributed by atoms with Crippen LogP contribution in [0.1, 0.15) is 65.7 Å². The van der Waals surface area contributed by atoms with Crippen molar-refractivity contribution < 1.29 is 9.90 Å². The highest BCUT2D eigenvalue weighted by atomic mass is 16.4. The number of hydrogen-bond donors (Lipinski definition) is 2. The molecule has 0 spiro atoms. The van der Waals surface area contributed by atoms with Crippen LogP contribution in [0, 0.1) is 5.92 Å². The number of aliphatic carboxylic acids is 1. The lowest BCUT2D eigenvalue weighted by molar-refractivity contribution is -0.144. The van der Waals surface area contributed by atoms with Gasteiger partial charge in [-0.05, 0) is 71.1 Å². The Bertz CT molecular complexity index is 301. The smallest absolute Gasteiger partial charge is 0.323 e. The van der Waals surface area contributed by atoms with Crippen molar-refractivity contribution in [1.29, 1.82) is 0 Å². The molecule has 4 nitrogen and oxygen atoms in total. The Morgan fingerprint density at radius 1 is 1.29 bits per heavy atom. The van der Waals surface area contributed by atoms with Gasteiger partial charge in [0.1, 0.15) is 5.54 Å². The molecule has 21 heavy (non-hydrogen) atoms. The van der Waals surface area contributed by atoms with E-state index in [1.165, 1.54) is 38.8 Å². The highest BCUT2D eigenvalue weighted by Crippen LogP contribution is 2.22. The van der Waals surface area contributed by atoms with E-state index < -0.39 is 11.5 Å². The molecular formula is C17H34N2O2. The number of likely N-dealkylation sites (tertiary alicyclic amines) is 1. The zero-order chi connectivity index (χ0) is 15.7. The van der Waals surface area contributed by atoms with Crippen LogP contribution in [0.2, 0.25) is 0 Å². The maximum absolute atomic E-state index is 11.3. The van der Waals surface area contributed by atoms with Crippen molar-refractivity contribution in [2.45, 2.75) is 71.3 Å². The lowest BCUT2D eigenvalue weighted by Gasteiger charge is -2.32. The van der Waals surface area contributed by atoms with E-state index in [-0.39, 0.29) is 0 Å². The molecule has 0 saturated carbocycles. The van der Waals surface area contributed by atoms with Gasteiger partial charge in [0.15, 0.2) is 0 Å². The first-order chi connectivity index (χ1) is 10.0. The average molecular weight is 298 g/mol. The summed E-state index contributed by atoms with van der Waals surface area (Å²) in [4.78, 5) is 13.9. The summed E-state index contributed by atoms with van der Waals surface area (Å²) in [6.45, 7) is 10.3. The summed E-state index contributed by atoms with van der Waals surface area (Å²) in [6, 6.07) is 0. The molecule has 1 fully saturated rings. The maximum atomic E-state index is 11.3. The van der Waals surface area contributed by atoms with Crippen LogP contribution >= 0.6 is 0 Å². The van der Waals surface area contributed by atoms with Crippen molar-refractivity contribution in [3.63, 3.8) is 0 Å². The van der Waals surface area contributed by atoms with E-state index in [4.69, 9.17) is 0 Å². The summed E-state index contributed by atoms with van der Waals surface area (Å²) in [6.07, 6.45) is 8.17. The number of carboxylic acids is 1. The number of piperidine rings is 1. The number of likely N-dealkylation sites (N-methyl/N-ethyl adjacent to an activating group) is 1. The monoisotopic (exact) mass is 298 g/mol. The molecule has 4 heteroatoms. The van der Waals surface area contributed by atoms with Crippen molar-refractivity contribution in [3.8, 4) is 0 Å². The Hall–Kier alpha value is -0.610. The molecule has 1 unspecified atom stereocenters. The molecule has 0 aromatic heterocycles. The third-order valence-corrected chi connectivity index (χ3v) is 4.84. The van der Waals surface area contributed by atoms with Gasteiger partial charge < -0.3 is 15.3 Å². The van der Waals surface area contributed by atoms with E-state index in [1.54, 1.807) is 6.92 Å². The van der Waals surface area contributed by atoms with Gasteiger partial charge in [-0.15, -0.1) is 0 Å². The molecule has 0 bridgehead atoms. The van der Waals surface area contributed by atoms with Crippen molar-refractivity contribution in [3.05, 3.63) is 0 Å². The summed E-state index contributed by atoms with van der Waals surface area (Å²) in [5, 5.41) is 12.4. The molecule has 1 atom stereocenters. The number of hydrogen-bond acceptors (Lipinski definition) is 3. The number of nitrogens with zero attached hydrogens (tertiary/aromatic N) is 1. The minimum Gasteiger partial charge on any atom is -0.480 e. The molecular weight excluding hydrogens is 264 g/mol. The summed E-state index contributed by atoms with van der Waals surface area (Å²) < 4.78 is 0. The van der Waals surface area contributed by atoms with E-state index in [0.29, 0.717) is 13.0 Å². The zero-order valence-corrected chi connectivity index (χ0v) is 14.2. The normalized spacial score (nSPS) is 20.3. The predicted molar refractivity (Wildman–Crippen MR) is 87.6 cm³/mol. The van der Waals surface area contributed by atoms with Crippen molar-refractivity contribution in [2.24, 2.45) is 5.92 Å². The summed E-state index contributed by atoms with van der Waals surface area (Å²) in [7, 11) is 0. The van der Waals surface area contributed by atoms with Crippen LogP contribution in [0.4, 0.5) is 0 Å². The molecule has 2 N–H and O–H groups in total. The average Bonchev–Trinajstić information content (AvgIpc) is 2.46. The second-order valence-electron chi connectivity index (χ2n) is 6.70. The van der Waals surface area contributed by atoms with Crippen molar-refractivity contribution in [1.82, 2.24) is 10.2 Å². The summed E-state index contributed by atoms with van der Waals surface area (Å²) in [5.41, 5.74) is -0.761. The van der Waals surface area contributed by atoms with Gasteiger partial charge in [-0.2, -0.15) is 0 Å². The molecule has 0 amide bonds. The molecule has 1 aliphatic heterocycles. The van der Waals surface area contributed by atoms with Crippen LogP contribution in [0.15, 0.2) is 0 Å². The molecule has 0 aromatic carbocycles. The van der Waals surface area contributed by atoms with E-state index >= 15 is 0 Å². The highest BCUT2D eigenvalue weighted by molar-refractivity contribution is 5.78. The first-order valence-corrected chi connectivity index (χ1v) is 8.72. The molecule has 0 aliphatic carbocycles. The van der Waals surface area contributed by atoms with Gasteiger partial charge in [0, 0.05) is 0 Å². The lowest BCUT2D eigenvalue weighted by Crippen LogP contribution is -2.49. The van der Waals surface area contributed by atoms with Gasteiger partial charge in [0.05, 0.1) is 0 Å². The molecule has 124 valence electrons. The first-order valence-electron chi connectivity index (χ1n) is 8.72. The Kier molecular flexibility index (Phi) is 8.27. The van der Waals surface area contributed by atoms with Crippen LogP contribution in [0.5, 0.6) is 0 Å². The van der Waals surface area contributed by atoms with Gasteiger partial charge in [-0.3, -0.25) is 4.79 Å². The number of rotatable bonds is 10. The van der Waals surface area contributed by atoms with Gasteiger partial charge >= 0.3 is 5.97 Å². The fraction of sp³-hybridized carbons (Fsp3) is 0.941. The fourth-order valence-electron chi connectivity index (χ4n) is 3.38. The minimum absolute atomic E-state index is 0.702. The lowest BCUT2D eigenvalue weighted by atomic mass is 9.92. The number of carboxylic acid groups (broad SMARTS) is 1. The molecule has 0 radical (unpaired) electrons. The van der Waals surface area contributed by atoms with Crippen LogP contribution < -0.4 is 5.32 Å². The molecule has 1 rings (SSSR count). The molecule has 1 saturated heterocycles. The zero-order valence-electron chi connectivity index (χ0n) is 14.2. The Labute approximate surface area is 130 Å². The van der Waals surface area contributed by atoms with Gasteiger partial charge in [0.2, 0.25) is 0 Å². The Morgan fingerprint density at radius 3 is 2.48 bits per heavy atom. The van der Waals surface area contributed by atoms with E-state index in [2.05, 4.69) is 17.1 Å². The Morgan fingerprint density at radius 2 is 1.95 bits per heavy atom. The minimum atomic E-state index is -0.761. The van der Waals surface area contributed by atoms with Crippen molar-refractivity contribution >= 4 is 5.97 Å². The number of carbonyl (C=O) groups is 1. The number of unbranched alkanes of at least 4 members (excludes halogenated alkanes) is 1. The predicted octanol–water partition coefficient (Wildman–Crippen LogP) is 3.12. The van der Waals surface area contributed by atoms with Crippen LogP contribution in [-0.2, 0) is 4.79 Å². The van der Waals surface area contributed by atoms with Gasteiger partial charge in [-0.1, -0.05) is 26.7 Å². The van der Waals surface area contributed by atoms with E-state index in [1.807, 2.05) is 6.92 Å². The largest absolute Gasteiger partial charge is 0.480 e. The topological polar surface area (TPSA) is 52.6 Å². The molecule has 1 aliphatic rings. The maximum Gasteiger partial charge on any atom is 0.323 e. The Balaban J connectivity index is 2.18. The second-order valence-corrected chi connectivity index (χ2v) is 6.70. The van der Waals surface area contributed by atoms with Crippen LogP contribution in [0.3, 0.4) is 0 Å². The SMILES string of the molecule is CCCC1CCN(CCCCC(C)(NCC)C(=O)O)CC1. The van der Waals surface area contributed by atoms with Crippen LogP contribution in [-0.4, -0.2) is 47.7 Å². The third kappa shape index (κ3) is 6.35. The van der Waals surface area contributed by atoms with Crippen LogP contribution in [0.25, 0.3) is 0 Å². The standard InChI is InChI=1S/C17H34N2O2/c1-4-8-15-9-13-19(14-10-15)12-7-6-11-17(3,16(20)21)18-5-2/h15,18H,4-14H2,1-3H3,(H,20,21). The van der Waals surface area contributed by atoms with Gasteiger partial charge in [0.25, 0.3) is 0 Å². The molecule has 0 aromatic rings. The fourth-order valence-corrected chi connectivity index (χ4v) is 3.38. The highest BCUT2D eigenvalue weighted by Gasteiger charge is 2.31. The first kappa shape index (κ1) is 18.4. The second kappa shape index (κ2) is 9.42. The van der Waals surface area contributed by atoms with Crippen molar-refractivity contribution in [2.75, 3.05) is 26.2 Å².